The van der Waals surface area contributed by atoms with Gasteiger partial charge in [-0.2, -0.15) is 0 Å². The Morgan fingerprint density at radius 2 is 2.06 bits per heavy atom. The Morgan fingerprint density at radius 3 is 2.67 bits per heavy atom. The highest BCUT2D eigenvalue weighted by Crippen LogP contribution is 2.34. The molecule has 0 fully saturated rings. The second kappa shape index (κ2) is 5.14. The standard InChI is InChI=1S/C12H12N2O3S/c1-14-11(18-8-6-4-3-5-7-8)9(10(15)13-14)12(16)17-2/h3-7H,1-2H3,(H,13,15). The Bertz CT molecular complexity index is 566. The van der Waals surface area contributed by atoms with Crippen LogP contribution in [0.5, 0.6) is 5.88 Å². The summed E-state index contributed by atoms with van der Waals surface area (Å²) in [5, 5.41) is 14.0. The zero-order valence-corrected chi connectivity index (χ0v) is 10.8. The van der Waals surface area contributed by atoms with Gasteiger partial charge in [-0.05, 0) is 12.1 Å². The summed E-state index contributed by atoms with van der Waals surface area (Å²) in [5.74, 6) is -0.915. The second-order valence-corrected chi connectivity index (χ2v) is 4.60. The molecule has 0 radical (unpaired) electrons. The highest BCUT2D eigenvalue weighted by molar-refractivity contribution is 7.99. The molecule has 1 aromatic carbocycles. The summed E-state index contributed by atoms with van der Waals surface area (Å²) in [5.41, 5.74) is 0.0915. The number of hydrogen-bond donors (Lipinski definition) is 1. The van der Waals surface area contributed by atoms with Crippen molar-refractivity contribution in [3.05, 3.63) is 35.9 Å². The van der Waals surface area contributed by atoms with Crippen LogP contribution in [0.25, 0.3) is 0 Å². The molecule has 0 unspecified atom stereocenters. The lowest BCUT2D eigenvalue weighted by Gasteiger charge is -2.04. The first-order valence-electron chi connectivity index (χ1n) is 5.20. The van der Waals surface area contributed by atoms with Gasteiger partial charge in [0.25, 0.3) is 0 Å². The monoisotopic (exact) mass is 264 g/mol. The van der Waals surface area contributed by atoms with Crippen molar-refractivity contribution in [2.75, 3.05) is 7.11 Å². The van der Waals surface area contributed by atoms with E-state index in [1.807, 2.05) is 30.3 Å². The molecule has 94 valence electrons. The number of hydrogen-bond acceptors (Lipinski definition) is 5. The lowest BCUT2D eigenvalue weighted by atomic mass is 10.3. The zero-order chi connectivity index (χ0) is 13.1. The van der Waals surface area contributed by atoms with Gasteiger partial charge in [0.1, 0.15) is 5.03 Å². The molecule has 6 heteroatoms. The summed E-state index contributed by atoms with van der Waals surface area (Å²) < 4.78 is 6.10. The maximum absolute atomic E-state index is 11.6. The Hall–Kier alpha value is -1.95. The number of aromatic hydroxyl groups is 1. The van der Waals surface area contributed by atoms with Crippen LogP contribution in [0.15, 0.2) is 40.3 Å². The van der Waals surface area contributed by atoms with E-state index in [-0.39, 0.29) is 11.4 Å². The van der Waals surface area contributed by atoms with Crippen molar-refractivity contribution in [1.29, 1.82) is 0 Å². The summed E-state index contributed by atoms with van der Waals surface area (Å²) in [6.45, 7) is 0. The van der Waals surface area contributed by atoms with E-state index in [0.717, 1.165) is 4.90 Å². The fourth-order valence-corrected chi connectivity index (χ4v) is 2.46. The van der Waals surface area contributed by atoms with Crippen LogP contribution < -0.4 is 0 Å². The van der Waals surface area contributed by atoms with Gasteiger partial charge in [-0.1, -0.05) is 30.0 Å². The number of ether oxygens (including phenoxy) is 1. The molecule has 0 amide bonds. The molecule has 0 atom stereocenters. The van der Waals surface area contributed by atoms with Gasteiger partial charge in [0, 0.05) is 11.9 Å². The molecule has 0 saturated heterocycles. The van der Waals surface area contributed by atoms with E-state index in [0.29, 0.717) is 5.03 Å². The van der Waals surface area contributed by atoms with Crippen LogP contribution in [0, 0.1) is 0 Å². The summed E-state index contributed by atoms with van der Waals surface area (Å²) in [6.07, 6.45) is 0. The fourth-order valence-electron chi connectivity index (χ4n) is 1.49. The van der Waals surface area contributed by atoms with E-state index < -0.39 is 5.97 Å². The average molecular weight is 264 g/mol. The van der Waals surface area contributed by atoms with Gasteiger partial charge in [-0.25, -0.2) is 4.79 Å². The molecule has 0 spiro atoms. The van der Waals surface area contributed by atoms with Crippen LogP contribution in [0.2, 0.25) is 0 Å². The van der Waals surface area contributed by atoms with Gasteiger partial charge < -0.3 is 9.84 Å². The number of esters is 1. The number of aromatic nitrogens is 2. The van der Waals surface area contributed by atoms with Gasteiger partial charge in [-0.15, -0.1) is 5.10 Å². The maximum Gasteiger partial charge on any atom is 0.346 e. The first-order valence-corrected chi connectivity index (χ1v) is 6.02. The minimum atomic E-state index is -0.598. The Labute approximate surface area is 108 Å². The molecule has 2 rings (SSSR count). The molecule has 0 aliphatic heterocycles. The molecule has 5 nitrogen and oxygen atoms in total. The smallest absolute Gasteiger partial charge is 0.346 e. The van der Waals surface area contributed by atoms with Crippen molar-refractivity contribution in [3.63, 3.8) is 0 Å². The van der Waals surface area contributed by atoms with Crippen LogP contribution in [0.3, 0.4) is 0 Å². The lowest BCUT2D eigenvalue weighted by Crippen LogP contribution is -2.03. The normalized spacial score (nSPS) is 10.3. The van der Waals surface area contributed by atoms with Crippen LogP contribution >= 0.6 is 11.8 Å². The Morgan fingerprint density at radius 1 is 1.39 bits per heavy atom. The van der Waals surface area contributed by atoms with Crippen molar-refractivity contribution in [3.8, 4) is 5.88 Å². The second-order valence-electron chi connectivity index (χ2n) is 3.53. The molecule has 2 aromatic rings. The van der Waals surface area contributed by atoms with Crippen LogP contribution in [0.1, 0.15) is 10.4 Å². The Kier molecular flexibility index (Phi) is 3.57. The molecule has 0 saturated carbocycles. The highest BCUT2D eigenvalue weighted by atomic mass is 32.2. The van der Waals surface area contributed by atoms with E-state index in [4.69, 9.17) is 0 Å². The summed E-state index contributed by atoms with van der Waals surface area (Å²) in [4.78, 5) is 12.6. The predicted molar refractivity (Wildman–Crippen MR) is 66.8 cm³/mol. The zero-order valence-electron chi connectivity index (χ0n) is 9.95. The van der Waals surface area contributed by atoms with E-state index >= 15 is 0 Å². The first-order chi connectivity index (χ1) is 8.63. The van der Waals surface area contributed by atoms with Gasteiger partial charge in [-0.3, -0.25) is 4.68 Å². The maximum atomic E-state index is 11.6. The summed E-state index contributed by atoms with van der Waals surface area (Å²) in [7, 11) is 2.93. The van der Waals surface area contributed by atoms with E-state index in [1.165, 1.54) is 23.6 Å². The van der Waals surface area contributed by atoms with E-state index in [2.05, 4.69) is 9.84 Å². The van der Waals surface area contributed by atoms with E-state index in [1.54, 1.807) is 7.05 Å². The largest absolute Gasteiger partial charge is 0.492 e. The topological polar surface area (TPSA) is 64.3 Å². The van der Waals surface area contributed by atoms with Gasteiger partial charge >= 0.3 is 5.97 Å². The molecule has 18 heavy (non-hydrogen) atoms. The number of nitrogens with zero attached hydrogens (tertiary/aromatic N) is 2. The first kappa shape index (κ1) is 12.5. The minimum Gasteiger partial charge on any atom is -0.492 e. The molecule has 0 aliphatic rings. The van der Waals surface area contributed by atoms with Crippen molar-refractivity contribution in [2.24, 2.45) is 7.05 Å². The summed E-state index contributed by atoms with van der Waals surface area (Å²) >= 11 is 1.34. The van der Waals surface area contributed by atoms with Gasteiger partial charge in [0.2, 0.25) is 5.88 Å². The highest BCUT2D eigenvalue weighted by Gasteiger charge is 2.23. The molecule has 1 heterocycles. The van der Waals surface area contributed by atoms with Crippen LogP contribution in [-0.2, 0) is 11.8 Å². The van der Waals surface area contributed by atoms with Gasteiger partial charge in [0.05, 0.1) is 7.11 Å². The number of aryl methyl sites for hydroxylation is 1. The number of rotatable bonds is 3. The third-order valence-corrected chi connectivity index (χ3v) is 3.49. The van der Waals surface area contributed by atoms with Crippen molar-refractivity contribution in [2.45, 2.75) is 9.92 Å². The number of carbonyl (C=O) groups excluding carboxylic acids is 1. The van der Waals surface area contributed by atoms with Crippen molar-refractivity contribution < 1.29 is 14.6 Å². The molecule has 0 aliphatic carbocycles. The predicted octanol–water partition coefficient (Wildman–Crippen LogP) is 2.06. The van der Waals surface area contributed by atoms with Crippen molar-refractivity contribution >= 4 is 17.7 Å². The third kappa shape index (κ3) is 2.33. The molecular weight excluding hydrogens is 252 g/mol. The number of methoxy groups -OCH3 is 1. The van der Waals surface area contributed by atoms with E-state index in [9.17, 15) is 9.90 Å². The van der Waals surface area contributed by atoms with Crippen LogP contribution in [0.4, 0.5) is 0 Å². The fraction of sp³-hybridized carbons (Fsp3) is 0.167. The summed E-state index contributed by atoms with van der Waals surface area (Å²) in [6, 6.07) is 9.53. The number of carbonyl (C=O) groups is 1. The number of benzene rings is 1. The average Bonchev–Trinajstić information content (AvgIpc) is 2.65. The minimum absolute atomic E-state index is 0.0915. The Balaban J connectivity index is 2.41. The quantitative estimate of drug-likeness (QED) is 0.860. The molecule has 1 N–H and O–H groups in total. The van der Waals surface area contributed by atoms with Gasteiger partial charge in [0.15, 0.2) is 5.56 Å². The third-order valence-electron chi connectivity index (χ3n) is 2.32. The SMILES string of the molecule is COC(=O)c1c(O)nn(C)c1Sc1ccccc1. The van der Waals surface area contributed by atoms with Crippen molar-refractivity contribution in [1.82, 2.24) is 9.78 Å². The van der Waals surface area contributed by atoms with Crippen LogP contribution in [-0.4, -0.2) is 28.0 Å². The lowest BCUT2D eigenvalue weighted by molar-refractivity contribution is 0.0593. The molecular formula is C12H12N2O3S. The molecule has 1 aromatic heterocycles. The molecule has 0 bridgehead atoms.